The van der Waals surface area contributed by atoms with Gasteiger partial charge in [0.2, 0.25) is 5.91 Å². The zero-order valence-electron chi connectivity index (χ0n) is 10.8. The minimum atomic E-state index is -0.0757. The highest BCUT2D eigenvalue weighted by molar-refractivity contribution is 7.99. The number of aryl methyl sites for hydroxylation is 1. The van der Waals surface area contributed by atoms with Gasteiger partial charge in [0.05, 0.1) is 12.4 Å². The lowest BCUT2D eigenvalue weighted by Crippen LogP contribution is -2.36. The third kappa shape index (κ3) is 5.33. The first-order valence-corrected chi connectivity index (χ1v) is 6.52. The fourth-order valence-electron chi connectivity index (χ4n) is 1.37. The molecule has 0 saturated heterocycles. The van der Waals surface area contributed by atoms with Crippen LogP contribution in [0.25, 0.3) is 0 Å². The highest BCUT2D eigenvalue weighted by Crippen LogP contribution is 2.14. The van der Waals surface area contributed by atoms with Crippen molar-refractivity contribution < 1.29 is 9.53 Å². The second-order valence-corrected chi connectivity index (χ2v) is 4.87. The number of nitrogen functional groups attached to an aromatic ring is 1. The predicted octanol–water partition coefficient (Wildman–Crippen LogP) is 0.610. The minimum Gasteiger partial charge on any atom is -0.384 e. The van der Waals surface area contributed by atoms with Crippen molar-refractivity contribution in [1.29, 1.82) is 0 Å². The SMILES string of the molecule is COC[C@@H](C)NC(=O)CSc1nc(C)cc(N)n1. The number of nitrogens with two attached hydrogens (primary N) is 1. The molecule has 0 unspecified atom stereocenters. The van der Waals surface area contributed by atoms with Gasteiger partial charge in [-0.1, -0.05) is 11.8 Å². The van der Waals surface area contributed by atoms with E-state index in [1.165, 1.54) is 11.8 Å². The van der Waals surface area contributed by atoms with E-state index in [1.54, 1.807) is 13.2 Å². The Morgan fingerprint density at radius 2 is 2.33 bits per heavy atom. The number of amides is 1. The third-order valence-corrected chi connectivity index (χ3v) is 2.86. The van der Waals surface area contributed by atoms with Crippen LogP contribution in [0.1, 0.15) is 12.6 Å². The highest BCUT2D eigenvalue weighted by Gasteiger charge is 2.09. The van der Waals surface area contributed by atoms with E-state index in [9.17, 15) is 4.79 Å². The molecule has 0 aliphatic carbocycles. The lowest BCUT2D eigenvalue weighted by atomic mass is 10.3. The molecule has 1 atom stereocenters. The van der Waals surface area contributed by atoms with Crippen molar-refractivity contribution in [3.63, 3.8) is 0 Å². The molecule has 0 aromatic carbocycles. The van der Waals surface area contributed by atoms with Crippen LogP contribution < -0.4 is 11.1 Å². The standard InChI is InChI=1S/C11H18N4O2S/c1-7-4-9(12)15-11(14-7)18-6-10(16)13-8(2)5-17-3/h4,8H,5-6H2,1-3H3,(H,13,16)(H2,12,14,15)/t8-/m1/s1. The van der Waals surface area contributed by atoms with Crippen molar-refractivity contribution in [2.75, 3.05) is 25.2 Å². The summed E-state index contributed by atoms with van der Waals surface area (Å²) in [4.78, 5) is 19.8. The third-order valence-electron chi connectivity index (χ3n) is 2.01. The summed E-state index contributed by atoms with van der Waals surface area (Å²) >= 11 is 1.26. The van der Waals surface area contributed by atoms with Crippen molar-refractivity contribution in [1.82, 2.24) is 15.3 Å². The van der Waals surface area contributed by atoms with E-state index in [-0.39, 0.29) is 17.7 Å². The summed E-state index contributed by atoms with van der Waals surface area (Å²) in [5.41, 5.74) is 6.39. The van der Waals surface area contributed by atoms with E-state index in [1.807, 2.05) is 13.8 Å². The first kappa shape index (κ1) is 14.7. The summed E-state index contributed by atoms with van der Waals surface area (Å²) in [6.45, 7) is 4.21. The van der Waals surface area contributed by atoms with E-state index < -0.39 is 0 Å². The second-order valence-electron chi connectivity index (χ2n) is 3.93. The molecule has 1 aromatic heterocycles. The Hall–Kier alpha value is -1.34. The number of aromatic nitrogens is 2. The van der Waals surface area contributed by atoms with Gasteiger partial charge in [-0.2, -0.15) is 0 Å². The number of hydrogen-bond acceptors (Lipinski definition) is 6. The van der Waals surface area contributed by atoms with Crippen LogP contribution in [0.2, 0.25) is 0 Å². The number of methoxy groups -OCH3 is 1. The van der Waals surface area contributed by atoms with Gasteiger partial charge in [0.15, 0.2) is 5.16 Å². The molecular weight excluding hydrogens is 252 g/mol. The largest absolute Gasteiger partial charge is 0.384 e. The van der Waals surface area contributed by atoms with E-state index >= 15 is 0 Å². The normalized spacial score (nSPS) is 12.2. The van der Waals surface area contributed by atoms with Gasteiger partial charge < -0.3 is 15.8 Å². The number of nitrogens with zero attached hydrogens (tertiary/aromatic N) is 2. The maximum absolute atomic E-state index is 11.6. The summed E-state index contributed by atoms with van der Waals surface area (Å²) in [5, 5.41) is 3.32. The van der Waals surface area contributed by atoms with Crippen molar-refractivity contribution >= 4 is 23.5 Å². The Balaban J connectivity index is 2.42. The molecule has 1 heterocycles. The van der Waals surface area contributed by atoms with Crippen molar-refractivity contribution in [3.8, 4) is 0 Å². The van der Waals surface area contributed by atoms with E-state index in [2.05, 4.69) is 15.3 Å². The number of carbonyl (C=O) groups is 1. The lowest BCUT2D eigenvalue weighted by molar-refractivity contribution is -0.119. The zero-order valence-corrected chi connectivity index (χ0v) is 11.6. The quantitative estimate of drug-likeness (QED) is 0.581. The number of carbonyl (C=O) groups excluding carboxylic acids is 1. The number of ether oxygens (including phenoxy) is 1. The van der Waals surface area contributed by atoms with Gasteiger partial charge in [-0.25, -0.2) is 9.97 Å². The zero-order chi connectivity index (χ0) is 13.5. The molecular formula is C11H18N4O2S. The van der Waals surface area contributed by atoms with Gasteiger partial charge in [-0.3, -0.25) is 4.79 Å². The number of hydrogen-bond donors (Lipinski definition) is 2. The Kier molecular flexibility index (Phi) is 5.87. The summed E-state index contributed by atoms with van der Waals surface area (Å²) in [7, 11) is 1.60. The molecule has 18 heavy (non-hydrogen) atoms. The lowest BCUT2D eigenvalue weighted by Gasteiger charge is -2.12. The molecule has 0 radical (unpaired) electrons. The van der Waals surface area contributed by atoms with Crippen LogP contribution in [0.3, 0.4) is 0 Å². The average Bonchev–Trinajstić information content (AvgIpc) is 2.25. The molecule has 1 amide bonds. The Morgan fingerprint density at radius 3 is 2.94 bits per heavy atom. The summed E-state index contributed by atoms with van der Waals surface area (Å²) in [6.07, 6.45) is 0. The predicted molar refractivity (Wildman–Crippen MR) is 71.4 cm³/mol. The van der Waals surface area contributed by atoms with E-state index in [0.717, 1.165) is 5.69 Å². The molecule has 0 bridgehead atoms. The molecule has 100 valence electrons. The van der Waals surface area contributed by atoms with Crippen LogP contribution in [0.15, 0.2) is 11.2 Å². The van der Waals surface area contributed by atoms with Gasteiger partial charge in [-0.15, -0.1) is 0 Å². The van der Waals surface area contributed by atoms with Crippen LogP contribution >= 0.6 is 11.8 Å². The Bertz CT molecular complexity index is 394. The smallest absolute Gasteiger partial charge is 0.230 e. The van der Waals surface area contributed by atoms with Gasteiger partial charge in [0, 0.05) is 24.9 Å². The maximum Gasteiger partial charge on any atom is 0.230 e. The van der Waals surface area contributed by atoms with E-state index in [0.29, 0.717) is 17.6 Å². The molecule has 3 N–H and O–H groups in total. The first-order valence-electron chi connectivity index (χ1n) is 5.53. The average molecular weight is 270 g/mol. The summed E-state index contributed by atoms with van der Waals surface area (Å²) in [5.74, 6) is 0.600. The first-order chi connectivity index (χ1) is 8.51. The fraction of sp³-hybridized carbons (Fsp3) is 0.545. The molecule has 0 aliphatic heterocycles. The molecule has 0 fully saturated rings. The number of nitrogens with one attached hydrogen (secondary N) is 1. The molecule has 0 spiro atoms. The van der Waals surface area contributed by atoms with Gasteiger partial charge in [0.1, 0.15) is 5.82 Å². The van der Waals surface area contributed by atoms with Gasteiger partial charge >= 0.3 is 0 Å². The molecule has 0 saturated carbocycles. The van der Waals surface area contributed by atoms with Crippen LogP contribution in [-0.4, -0.2) is 41.4 Å². The van der Waals surface area contributed by atoms with Crippen molar-refractivity contribution in [2.24, 2.45) is 0 Å². The molecule has 1 rings (SSSR count). The molecule has 7 heteroatoms. The van der Waals surface area contributed by atoms with Gasteiger partial charge in [-0.05, 0) is 13.8 Å². The monoisotopic (exact) mass is 270 g/mol. The van der Waals surface area contributed by atoms with Crippen LogP contribution in [0.5, 0.6) is 0 Å². The Morgan fingerprint density at radius 1 is 1.61 bits per heavy atom. The summed E-state index contributed by atoms with van der Waals surface area (Å²) in [6, 6.07) is 1.68. The fourth-order valence-corrected chi connectivity index (χ4v) is 2.09. The maximum atomic E-state index is 11.6. The van der Waals surface area contributed by atoms with Crippen LogP contribution in [0, 0.1) is 6.92 Å². The summed E-state index contributed by atoms with van der Waals surface area (Å²) < 4.78 is 4.94. The molecule has 6 nitrogen and oxygen atoms in total. The highest BCUT2D eigenvalue weighted by atomic mass is 32.2. The molecule has 0 aliphatic rings. The number of anilines is 1. The van der Waals surface area contributed by atoms with Crippen LogP contribution in [-0.2, 0) is 9.53 Å². The number of rotatable bonds is 6. The minimum absolute atomic E-state index is 0.00778. The number of thioether (sulfide) groups is 1. The van der Waals surface area contributed by atoms with Gasteiger partial charge in [0.25, 0.3) is 0 Å². The van der Waals surface area contributed by atoms with E-state index in [4.69, 9.17) is 10.5 Å². The van der Waals surface area contributed by atoms with Crippen LogP contribution in [0.4, 0.5) is 5.82 Å². The Labute approximate surface area is 111 Å². The topological polar surface area (TPSA) is 90.1 Å². The van der Waals surface area contributed by atoms with Crippen molar-refractivity contribution in [3.05, 3.63) is 11.8 Å². The molecule has 1 aromatic rings. The second kappa shape index (κ2) is 7.17. The van der Waals surface area contributed by atoms with Crippen molar-refractivity contribution in [2.45, 2.75) is 25.0 Å².